The number of piperidine rings is 1. The van der Waals surface area contributed by atoms with E-state index in [1.54, 1.807) is 0 Å². The van der Waals surface area contributed by atoms with Crippen molar-refractivity contribution in [1.82, 2.24) is 0 Å². The summed E-state index contributed by atoms with van der Waals surface area (Å²) in [6, 6.07) is 0.964. The lowest BCUT2D eigenvalue weighted by Gasteiger charge is -2.52. The lowest BCUT2D eigenvalue weighted by molar-refractivity contribution is -0.958. The van der Waals surface area contributed by atoms with Gasteiger partial charge in [-0.05, 0) is 43.4 Å². The van der Waals surface area contributed by atoms with Gasteiger partial charge in [-0.2, -0.15) is 0 Å². The third-order valence-corrected chi connectivity index (χ3v) is 5.80. The van der Waals surface area contributed by atoms with Gasteiger partial charge in [-0.3, -0.25) is 0 Å². The molecule has 2 fully saturated rings. The minimum atomic E-state index is 0. The third-order valence-electron chi connectivity index (χ3n) is 5.80. The van der Waals surface area contributed by atoms with Crippen LogP contribution in [0, 0.1) is 11.3 Å². The Hall–Kier alpha value is 0.690. The van der Waals surface area contributed by atoms with Gasteiger partial charge in [0.15, 0.2) is 0 Å². The molecule has 1 aliphatic heterocycles. The second-order valence-corrected chi connectivity index (χ2v) is 8.37. The highest BCUT2D eigenvalue weighted by molar-refractivity contribution is 4.84. The van der Waals surface area contributed by atoms with E-state index in [1.165, 1.54) is 75.5 Å². The molecule has 0 aromatic rings. The topological polar surface area (TPSA) is 0 Å². The molecule has 0 spiro atoms. The van der Waals surface area contributed by atoms with Crippen molar-refractivity contribution >= 4 is 0 Å². The van der Waals surface area contributed by atoms with Crippen LogP contribution in [-0.2, 0) is 0 Å². The van der Waals surface area contributed by atoms with Gasteiger partial charge in [-0.1, -0.05) is 34.1 Å². The molecule has 20 heavy (non-hydrogen) atoms. The summed E-state index contributed by atoms with van der Waals surface area (Å²) in [5.41, 5.74) is 0.581. The van der Waals surface area contributed by atoms with Crippen LogP contribution in [0.5, 0.6) is 0 Å². The molecule has 2 rings (SSSR count). The van der Waals surface area contributed by atoms with Crippen molar-refractivity contribution in [1.29, 1.82) is 0 Å². The van der Waals surface area contributed by atoms with E-state index in [4.69, 9.17) is 0 Å². The molecule has 2 aliphatic rings. The fraction of sp³-hybridized carbons (Fsp3) is 1.00. The minimum Gasteiger partial charge on any atom is -1.00 e. The van der Waals surface area contributed by atoms with Crippen LogP contribution in [0.1, 0.15) is 79.1 Å². The molecule has 0 bridgehead atoms. The Labute approximate surface area is 144 Å². The molecule has 0 aromatic heterocycles. The Morgan fingerprint density at radius 3 is 2.25 bits per heavy atom. The molecule has 1 saturated carbocycles. The maximum Gasteiger partial charge on any atom is 0.0898 e. The van der Waals surface area contributed by atoms with E-state index in [0.29, 0.717) is 5.41 Å². The summed E-state index contributed by atoms with van der Waals surface area (Å²) in [5, 5.41) is 0. The SMILES string of the molecule is CCCC[N+]1(C2CC(C)CC(C)(C)C2)CCCCC1.[I-]. The van der Waals surface area contributed by atoms with Crippen molar-refractivity contribution in [3.63, 3.8) is 0 Å². The molecule has 0 N–H and O–H groups in total. The van der Waals surface area contributed by atoms with Crippen LogP contribution in [0.25, 0.3) is 0 Å². The highest BCUT2D eigenvalue weighted by Crippen LogP contribution is 2.43. The monoisotopic (exact) mass is 393 g/mol. The van der Waals surface area contributed by atoms with E-state index in [1.807, 2.05) is 0 Å². The van der Waals surface area contributed by atoms with Crippen molar-refractivity contribution in [2.75, 3.05) is 19.6 Å². The van der Waals surface area contributed by atoms with E-state index in [9.17, 15) is 0 Å². The number of nitrogens with zero attached hydrogens (tertiary/aromatic N) is 1. The molecule has 1 aliphatic carbocycles. The molecule has 2 unspecified atom stereocenters. The maximum absolute atomic E-state index is 2.51. The number of quaternary nitrogens is 1. The average Bonchev–Trinajstić information content (AvgIpc) is 2.35. The number of hydrogen-bond acceptors (Lipinski definition) is 0. The van der Waals surface area contributed by atoms with Gasteiger partial charge in [0.05, 0.1) is 25.7 Å². The Morgan fingerprint density at radius 1 is 1.05 bits per heavy atom. The van der Waals surface area contributed by atoms with Crippen LogP contribution in [0.2, 0.25) is 0 Å². The molecule has 0 radical (unpaired) electrons. The lowest BCUT2D eigenvalue weighted by atomic mass is 9.69. The Morgan fingerprint density at radius 2 is 1.70 bits per heavy atom. The Kier molecular flexibility index (Phi) is 7.31. The summed E-state index contributed by atoms with van der Waals surface area (Å²) in [6.45, 7) is 14.3. The van der Waals surface area contributed by atoms with Gasteiger partial charge in [0.2, 0.25) is 0 Å². The normalized spacial score (nSPS) is 32.4. The summed E-state index contributed by atoms with van der Waals surface area (Å²) in [6.07, 6.45) is 11.7. The van der Waals surface area contributed by atoms with E-state index in [2.05, 4.69) is 27.7 Å². The zero-order valence-electron chi connectivity index (χ0n) is 14.3. The first kappa shape index (κ1) is 18.7. The van der Waals surface area contributed by atoms with Crippen molar-refractivity contribution in [3.05, 3.63) is 0 Å². The largest absolute Gasteiger partial charge is 1.00 e. The van der Waals surface area contributed by atoms with Gasteiger partial charge in [0, 0.05) is 12.8 Å². The number of unbranched alkanes of at least 4 members (excludes halogenated alkanes) is 1. The summed E-state index contributed by atoms with van der Waals surface area (Å²) >= 11 is 0. The Balaban J connectivity index is 0.00000200. The predicted octanol–water partition coefficient (Wildman–Crippen LogP) is 2.01. The molecule has 1 heterocycles. The first-order valence-corrected chi connectivity index (χ1v) is 8.83. The molecule has 1 saturated heterocycles. The number of rotatable bonds is 4. The average molecular weight is 393 g/mol. The smallest absolute Gasteiger partial charge is 0.0898 e. The van der Waals surface area contributed by atoms with Crippen LogP contribution in [0.15, 0.2) is 0 Å². The zero-order valence-corrected chi connectivity index (χ0v) is 16.4. The molecule has 0 amide bonds. The molecule has 0 aromatic carbocycles. The summed E-state index contributed by atoms with van der Waals surface area (Å²) < 4.78 is 1.49. The zero-order chi connectivity index (χ0) is 13.9. The predicted molar refractivity (Wildman–Crippen MR) is 84.2 cm³/mol. The van der Waals surface area contributed by atoms with Crippen molar-refractivity contribution in [2.24, 2.45) is 11.3 Å². The van der Waals surface area contributed by atoms with Crippen molar-refractivity contribution < 1.29 is 28.5 Å². The van der Waals surface area contributed by atoms with Crippen molar-refractivity contribution in [3.8, 4) is 0 Å². The van der Waals surface area contributed by atoms with Crippen LogP contribution >= 0.6 is 0 Å². The Bertz CT molecular complexity index is 281. The standard InChI is InChI=1S/C18H36N.HI/c1-5-6-10-19(11-8-7-9-12-19)17-13-16(2)14-18(3,4)15-17;/h16-17H,5-15H2,1-4H3;1H/q+1;/p-1. The van der Waals surface area contributed by atoms with Crippen LogP contribution < -0.4 is 24.0 Å². The minimum absolute atomic E-state index is 0. The van der Waals surface area contributed by atoms with Gasteiger partial charge in [0.1, 0.15) is 0 Å². The van der Waals surface area contributed by atoms with Crippen LogP contribution in [0.4, 0.5) is 0 Å². The van der Waals surface area contributed by atoms with Crippen LogP contribution in [-0.4, -0.2) is 30.2 Å². The lowest BCUT2D eigenvalue weighted by Crippen LogP contribution is -3.00. The highest BCUT2D eigenvalue weighted by Gasteiger charge is 2.44. The summed E-state index contributed by atoms with van der Waals surface area (Å²) in [4.78, 5) is 0. The van der Waals surface area contributed by atoms with E-state index < -0.39 is 0 Å². The van der Waals surface area contributed by atoms with E-state index in [-0.39, 0.29) is 24.0 Å². The van der Waals surface area contributed by atoms with Gasteiger partial charge >= 0.3 is 0 Å². The van der Waals surface area contributed by atoms with Crippen molar-refractivity contribution in [2.45, 2.75) is 85.1 Å². The van der Waals surface area contributed by atoms with Gasteiger partial charge in [-0.25, -0.2) is 0 Å². The summed E-state index contributed by atoms with van der Waals surface area (Å²) in [7, 11) is 0. The first-order chi connectivity index (χ1) is 8.97. The number of likely N-dealkylation sites (tertiary alicyclic amines) is 1. The summed E-state index contributed by atoms with van der Waals surface area (Å²) in [5.74, 6) is 0.937. The van der Waals surface area contributed by atoms with Gasteiger partial charge < -0.3 is 28.5 Å². The third kappa shape index (κ3) is 4.59. The molecule has 2 heteroatoms. The van der Waals surface area contributed by atoms with Crippen LogP contribution in [0.3, 0.4) is 0 Å². The second-order valence-electron chi connectivity index (χ2n) is 8.37. The van der Waals surface area contributed by atoms with E-state index >= 15 is 0 Å². The second kappa shape index (κ2) is 7.80. The maximum atomic E-state index is 2.51. The van der Waals surface area contributed by atoms with Gasteiger partial charge in [-0.15, -0.1) is 0 Å². The molecule has 120 valence electrons. The first-order valence-electron chi connectivity index (χ1n) is 8.83. The molecular weight excluding hydrogens is 357 g/mol. The van der Waals surface area contributed by atoms with Gasteiger partial charge in [0.25, 0.3) is 0 Å². The fourth-order valence-corrected chi connectivity index (χ4v) is 5.10. The quantitative estimate of drug-likeness (QED) is 0.507. The number of hydrogen-bond donors (Lipinski definition) is 0. The molecular formula is C18H36IN. The molecule has 2 atom stereocenters. The fourth-order valence-electron chi connectivity index (χ4n) is 5.10. The number of halogens is 1. The highest BCUT2D eigenvalue weighted by atomic mass is 127. The molecule has 1 nitrogen and oxygen atoms in total. The van der Waals surface area contributed by atoms with E-state index in [0.717, 1.165) is 12.0 Å².